The van der Waals surface area contributed by atoms with Gasteiger partial charge in [0.1, 0.15) is 11.9 Å². The van der Waals surface area contributed by atoms with Crippen LogP contribution in [0.1, 0.15) is 22.1 Å². The lowest BCUT2D eigenvalue weighted by Gasteiger charge is -2.10. The molecule has 1 unspecified atom stereocenters. The predicted molar refractivity (Wildman–Crippen MR) is 64.5 cm³/mol. The first-order valence-electron chi connectivity index (χ1n) is 4.76. The molecule has 0 saturated heterocycles. The summed E-state index contributed by atoms with van der Waals surface area (Å²) in [6.07, 6.45) is -0.785. The third-order valence-corrected chi connectivity index (χ3v) is 3.79. The van der Waals surface area contributed by atoms with Crippen LogP contribution in [-0.4, -0.2) is 5.11 Å². The summed E-state index contributed by atoms with van der Waals surface area (Å²) in [6, 6.07) is 6.29. The van der Waals surface area contributed by atoms with Gasteiger partial charge in [-0.2, -0.15) is 0 Å². The third kappa shape index (κ3) is 2.12. The molecule has 0 radical (unpaired) electrons. The number of rotatable bonds is 2. The highest BCUT2D eigenvalue weighted by Crippen LogP contribution is 2.30. The third-order valence-electron chi connectivity index (χ3n) is 2.41. The Morgan fingerprint density at radius 3 is 2.69 bits per heavy atom. The average Bonchev–Trinajstić information content (AvgIpc) is 2.67. The van der Waals surface area contributed by atoms with Crippen LogP contribution in [0.25, 0.3) is 0 Å². The van der Waals surface area contributed by atoms with Crippen molar-refractivity contribution in [3.8, 4) is 0 Å². The second-order valence-corrected chi connectivity index (χ2v) is 4.90. The fourth-order valence-electron chi connectivity index (χ4n) is 1.50. The minimum atomic E-state index is -0.785. The Balaban J connectivity index is 2.38. The molecule has 0 fully saturated rings. The summed E-state index contributed by atoms with van der Waals surface area (Å²) in [5.41, 5.74) is 1.53. The van der Waals surface area contributed by atoms with Gasteiger partial charge in [0.05, 0.1) is 5.02 Å². The number of halogens is 2. The molecule has 4 heteroatoms. The van der Waals surface area contributed by atoms with Crippen LogP contribution in [0.3, 0.4) is 0 Å². The van der Waals surface area contributed by atoms with E-state index in [9.17, 15) is 9.50 Å². The van der Waals surface area contributed by atoms with Gasteiger partial charge in [-0.25, -0.2) is 4.39 Å². The summed E-state index contributed by atoms with van der Waals surface area (Å²) in [4.78, 5) is 0.835. The van der Waals surface area contributed by atoms with E-state index in [1.165, 1.54) is 23.5 Å². The summed E-state index contributed by atoms with van der Waals surface area (Å²) in [7, 11) is 0. The minimum Gasteiger partial charge on any atom is -0.383 e. The maximum atomic E-state index is 13.2. The molecule has 2 aromatic rings. The van der Waals surface area contributed by atoms with Gasteiger partial charge in [0, 0.05) is 4.88 Å². The summed E-state index contributed by atoms with van der Waals surface area (Å²) < 4.78 is 13.2. The van der Waals surface area contributed by atoms with Crippen LogP contribution < -0.4 is 0 Å². The maximum absolute atomic E-state index is 13.2. The molecule has 1 heterocycles. The molecule has 0 spiro atoms. The molecule has 0 aliphatic heterocycles. The minimum absolute atomic E-state index is 0.0684. The normalized spacial score (nSPS) is 12.8. The Labute approximate surface area is 102 Å². The van der Waals surface area contributed by atoms with Crippen molar-refractivity contribution in [2.75, 3.05) is 0 Å². The first-order chi connectivity index (χ1) is 7.59. The Kier molecular flexibility index (Phi) is 3.28. The number of thiophene rings is 1. The van der Waals surface area contributed by atoms with Crippen molar-refractivity contribution in [1.29, 1.82) is 0 Å². The quantitative estimate of drug-likeness (QED) is 0.863. The molecule has 1 aromatic carbocycles. The molecule has 2 rings (SSSR count). The summed E-state index contributed by atoms with van der Waals surface area (Å²) >= 11 is 7.04. The zero-order valence-electron chi connectivity index (χ0n) is 8.58. The van der Waals surface area contributed by atoms with Gasteiger partial charge in [-0.15, -0.1) is 11.3 Å². The molecule has 0 bridgehead atoms. The van der Waals surface area contributed by atoms with Gasteiger partial charge in [0.2, 0.25) is 0 Å². The van der Waals surface area contributed by atoms with E-state index in [1.54, 1.807) is 6.07 Å². The van der Waals surface area contributed by atoms with Crippen molar-refractivity contribution in [2.24, 2.45) is 0 Å². The van der Waals surface area contributed by atoms with Crippen LogP contribution in [0.5, 0.6) is 0 Å². The van der Waals surface area contributed by atoms with Gasteiger partial charge in [0.15, 0.2) is 0 Å². The predicted octanol–water partition coefficient (Wildman–Crippen LogP) is 3.93. The summed E-state index contributed by atoms with van der Waals surface area (Å²) in [5.74, 6) is -0.507. The number of hydrogen-bond donors (Lipinski definition) is 1. The van der Waals surface area contributed by atoms with Crippen molar-refractivity contribution in [1.82, 2.24) is 0 Å². The lowest BCUT2D eigenvalue weighted by Crippen LogP contribution is -1.99. The molecule has 1 aromatic heterocycles. The van der Waals surface area contributed by atoms with E-state index in [0.717, 1.165) is 10.4 Å². The van der Waals surface area contributed by atoms with Gasteiger partial charge in [-0.3, -0.25) is 0 Å². The van der Waals surface area contributed by atoms with E-state index in [4.69, 9.17) is 11.6 Å². The highest BCUT2D eigenvalue weighted by molar-refractivity contribution is 7.10. The zero-order chi connectivity index (χ0) is 11.7. The van der Waals surface area contributed by atoms with E-state index in [2.05, 4.69) is 0 Å². The molecular weight excluding hydrogens is 247 g/mol. The van der Waals surface area contributed by atoms with Crippen LogP contribution in [0.2, 0.25) is 5.02 Å². The molecular formula is C12H10ClFOS. The van der Waals surface area contributed by atoms with Crippen LogP contribution >= 0.6 is 22.9 Å². The lowest BCUT2D eigenvalue weighted by atomic mass is 10.1. The molecule has 0 amide bonds. The number of benzene rings is 1. The van der Waals surface area contributed by atoms with E-state index < -0.39 is 11.9 Å². The van der Waals surface area contributed by atoms with E-state index >= 15 is 0 Å². The number of aryl methyl sites for hydroxylation is 1. The summed E-state index contributed by atoms with van der Waals surface area (Å²) in [5, 5.41) is 12.0. The van der Waals surface area contributed by atoms with Gasteiger partial charge in [0.25, 0.3) is 0 Å². The first kappa shape index (κ1) is 11.6. The van der Waals surface area contributed by atoms with Crippen molar-refractivity contribution in [3.05, 3.63) is 56.5 Å². The van der Waals surface area contributed by atoms with Gasteiger partial charge in [-0.05, 0) is 41.6 Å². The monoisotopic (exact) mass is 256 g/mol. The number of aliphatic hydroxyl groups is 1. The first-order valence-corrected chi connectivity index (χ1v) is 6.02. The van der Waals surface area contributed by atoms with Crippen LogP contribution in [0, 0.1) is 12.7 Å². The highest BCUT2D eigenvalue weighted by atomic mass is 35.5. The van der Waals surface area contributed by atoms with Crippen molar-refractivity contribution >= 4 is 22.9 Å². The van der Waals surface area contributed by atoms with Crippen LogP contribution in [0.4, 0.5) is 4.39 Å². The van der Waals surface area contributed by atoms with E-state index in [0.29, 0.717) is 5.56 Å². The van der Waals surface area contributed by atoms with Crippen LogP contribution in [-0.2, 0) is 0 Å². The van der Waals surface area contributed by atoms with Crippen molar-refractivity contribution < 1.29 is 9.50 Å². The summed E-state index contributed by atoms with van der Waals surface area (Å²) in [6.45, 7) is 1.92. The molecule has 0 aliphatic rings. The SMILES string of the molecule is Cc1ccsc1C(O)c1ccc(Cl)c(F)c1. The largest absolute Gasteiger partial charge is 0.383 e. The molecule has 0 aliphatic carbocycles. The number of hydrogen-bond acceptors (Lipinski definition) is 2. The molecule has 1 atom stereocenters. The Hall–Kier alpha value is -0.900. The molecule has 84 valence electrons. The standard InChI is InChI=1S/C12H10ClFOS/c1-7-4-5-16-12(7)11(15)8-2-3-9(13)10(14)6-8/h2-6,11,15H,1H3. The Bertz CT molecular complexity index is 509. The van der Waals surface area contributed by atoms with Crippen molar-refractivity contribution in [3.63, 3.8) is 0 Å². The fraction of sp³-hybridized carbons (Fsp3) is 0.167. The second-order valence-electron chi connectivity index (χ2n) is 3.54. The topological polar surface area (TPSA) is 20.2 Å². The lowest BCUT2D eigenvalue weighted by molar-refractivity contribution is 0.223. The zero-order valence-corrected chi connectivity index (χ0v) is 10.1. The van der Waals surface area contributed by atoms with Gasteiger partial charge in [-0.1, -0.05) is 17.7 Å². The highest BCUT2D eigenvalue weighted by Gasteiger charge is 2.15. The Morgan fingerprint density at radius 2 is 2.12 bits per heavy atom. The molecule has 0 saturated carbocycles. The molecule has 1 nitrogen and oxygen atoms in total. The van der Waals surface area contributed by atoms with Gasteiger partial charge >= 0.3 is 0 Å². The number of aliphatic hydroxyl groups excluding tert-OH is 1. The fourth-order valence-corrected chi connectivity index (χ4v) is 2.55. The van der Waals surface area contributed by atoms with E-state index in [1.807, 2.05) is 18.4 Å². The molecule has 1 N–H and O–H groups in total. The van der Waals surface area contributed by atoms with E-state index in [-0.39, 0.29) is 5.02 Å². The van der Waals surface area contributed by atoms with Gasteiger partial charge < -0.3 is 5.11 Å². The maximum Gasteiger partial charge on any atom is 0.142 e. The smallest absolute Gasteiger partial charge is 0.142 e. The molecule has 16 heavy (non-hydrogen) atoms. The van der Waals surface area contributed by atoms with Crippen molar-refractivity contribution in [2.45, 2.75) is 13.0 Å². The Morgan fingerprint density at radius 1 is 1.38 bits per heavy atom. The van der Waals surface area contributed by atoms with Crippen LogP contribution in [0.15, 0.2) is 29.6 Å². The second kappa shape index (κ2) is 4.53. The average molecular weight is 257 g/mol.